The zero-order chi connectivity index (χ0) is 14.3. The molecule has 0 aliphatic heterocycles. The van der Waals surface area contributed by atoms with Crippen molar-refractivity contribution < 1.29 is 9.90 Å². The summed E-state index contributed by atoms with van der Waals surface area (Å²) in [6.07, 6.45) is 2.74. The molecule has 0 atom stereocenters. The molecule has 19 heavy (non-hydrogen) atoms. The molecular weight excluding hydrogens is 238 g/mol. The van der Waals surface area contributed by atoms with Crippen LogP contribution >= 0.6 is 0 Å². The maximum Gasteiger partial charge on any atom is 0.309 e. The zero-order valence-electron chi connectivity index (χ0n) is 12.2. The van der Waals surface area contributed by atoms with E-state index in [9.17, 15) is 4.79 Å². The monoisotopic (exact) mass is 263 g/mol. The molecule has 0 aliphatic rings. The molecule has 0 aromatic heterocycles. The van der Waals surface area contributed by atoms with Crippen molar-refractivity contribution in [1.82, 2.24) is 4.90 Å². The number of rotatable bonds is 8. The van der Waals surface area contributed by atoms with Crippen LogP contribution in [0.5, 0.6) is 0 Å². The van der Waals surface area contributed by atoms with Crippen molar-refractivity contribution in [3.05, 3.63) is 35.9 Å². The zero-order valence-corrected chi connectivity index (χ0v) is 12.2. The lowest BCUT2D eigenvalue weighted by Crippen LogP contribution is -2.24. The van der Waals surface area contributed by atoms with Crippen molar-refractivity contribution in [2.45, 2.75) is 39.7 Å². The van der Waals surface area contributed by atoms with Gasteiger partial charge in [0.05, 0.1) is 5.41 Å². The number of carboxylic acids is 1. The van der Waals surface area contributed by atoms with Crippen LogP contribution < -0.4 is 0 Å². The van der Waals surface area contributed by atoms with Gasteiger partial charge in [-0.3, -0.25) is 4.79 Å². The summed E-state index contributed by atoms with van der Waals surface area (Å²) < 4.78 is 0. The Hall–Kier alpha value is -1.35. The summed E-state index contributed by atoms with van der Waals surface area (Å²) in [6.45, 7) is 5.54. The summed E-state index contributed by atoms with van der Waals surface area (Å²) in [5.74, 6) is -0.704. The molecule has 1 aromatic carbocycles. The van der Waals surface area contributed by atoms with E-state index in [0.717, 1.165) is 32.4 Å². The summed E-state index contributed by atoms with van der Waals surface area (Å²) in [5, 5.41) is 9.03. The second-order valence-corrected chi connectivity index (χ2v) is 5.87. The van der Waals surface area contributed by atoms with Gasteiger partial charge in [0.15, 0.2) is 0 Å². The number of unbranched alkanes of at least 4 members (excludes halogenated alkanes) is 1. The average Bonchev–Trinajstić information content (AvgIpc) is 2.36. The maximum atomic E-state index is 11.0. The number of carbonyl (C=O) groups is 1. The molecule has 0 saturated carbocycles. The van der Waals surface area contributed by atoms with E-state index in [0.29, 0.717) is 0 Å². The van der Waals surface area contributed by atoms with Crippen molar-refractivity contribution in [2.75, 3.05) is 13.6 Å². The molecule has 0 unspecified atom stereocenters. The van der Waals surface area contributed by atoms with E-state index in [4.69, 9.17) is 5.11 Å². The van der Waals surface area contributed by atoms with Crippen LogP contribution in [0.3, 0.4) is 0 Å². The smallest absolute Gasteiger partial charge is 0.309 e. The number of hydrogen-bond donors (Lipinski definition) is 1. The highest BCUT2D eigenvalue weighted by atomic mass is 16.4. The van der Waals surface area contributed by atoms with E-state index in [1.807, 2.05) is 6.07 Å². The average molecular weight is 263 g/mol. The van der Waals surface area contributed by atoms with Gasteiger partial charge in [-0.1, -0.05) is 36.8 Å². The Morgan fingerprint density at radius 2 is 1.84 bits per heavy atom. The Balaban J connectivity index is 2.21. The second kappa shape index (κ2) is 7.29. The Labute approximate surface area is 116 Å². The van der Waals surface area contributed by atoms with E-state index in [2.05, 4.69) is 36.2 Å². The number of carboxylic acid groups (broad SMARTS) is 1. The summed E-state index contributed by atoms with van der Waals surface area (Å²) in [7, 11) is 2.11. The second-order valence-electron chi connectivity index (χ2n) is 5.87. The van der Waals surface area contributed by atoms with E-state index in [-0.39, 0.29) is 0 Å². The van der Waals surface area contributed by atoms with Gasteiger partial charge in [-0.05, 0) is 45.8 Å². The van der Waals surface area contributed by atoms with E-state index in [1.165, 1.54) is 5.56 Å². The maximum absolute atomic E-state index is 11.0. The first-order valence-corrected chi connectivity index (χ1v) is 6.88. The fourth-order valence-electron chi connectivity index (χ4n) is 2.03. The van der Waals surface area contributed by atoms with Gasteiger partial charge in [-0.15, -0.1) is 0 Å². The lowest BCUT2D eigenvalue weighted by Gasteiger charge is -2.20. The highest BCUT2D eigenvalue weighted by Crippen LogP contribution is 2.23. The van der Waals surface area contributed by atoms with E-state index in [1.54, 1.807) is 13.8 Å². The van der Waals surface area contributed by atoms with Crippen molar-refractivity contribution >= 4 is 5.97 Å². The molecule has 0 heterocycles. The third-order valence-corrected chi connectivity index (χ3v) is 3.47. The molecule has 0 fully saturated rings. The minimum Gasteiger partial charge on any atom is -0.481 e. The van der Waals surface area contributed by atoms with Crippen LogP contribution in [0.2, 0.25) is 0 Å². The minimum atomic E-state index is -0.704. The standard InChI is InChI=1S/C16H25NO2/c1-16(2,15(18)19)11-7-8-12-17(3)13-14-9-5-4-6-10-14/h4-6,9-10H,7-8,11-13H2,1-3H3,(H,18,19). The molecule has 0 aliphatic carbocycles. The van der Waals surface area contributed by atoms with Crippen LogP contribution in [0.1, 0.15) is 38.7 Å². The third-order valence-electron chi connectivity index (χ3n) is 3.47. The third kappa shape index (κ3) is 5.88. The van der Waals surface area contributed by atoms with Crippen LogP contribution in [-0.2, 0) is 11.3 Å². The normalized spacial score (nSPS) is 11.8. The van der Waals surface area contributed by atoms with Gasteiger partial charge in [0.2, 0.25) is 0 Å². The first-order valence-electron chi connectivity index (χ1n) is 6.88. The predicted molar refractivity (Wildman–Crippen MR) is 78.0 cm³/mol. The fourth-order valence-corrected chi connectivity index (χ4v) is 2.03. The number of benzene rings is 1. The minimum absolute atomic E-state index is 0.599. The van der Waals surface area contributed by atoms with Crippen LogP contribution in [0.25, 0.3) is 0 Å². The lowest BCUT2D eigenvalue weighted by molar-refractivity contribution is -0.147. The van der Waals surface area contributed by atoms with Crippen LogP contribution in [0.15, 0.2) is 30.3 Å². The molecule has 3 heteroatoms. The first kappa shape index (κ1) is 15.7. The van der Waals surface area contributed by atoms with Gasteiger partial charge in [-0.2, -0.15) is 0 Å². The summed E-state index contributed by atoms with van der Waals surface area (Å²) in [5.41, 5.74) is 0.716. The lowest BCUT2D eigenvalue weighted by atomic mass is 9.87. The number of aliphatic carboxylic acids is 1. The topological polar surface area (TPSA) is 40.5 Å². The van der Waals surface area contributed by atoms with Gasteiger partial charge >= 0.3 is 5.97 Å². The molecule has 0 spiro atoms. The molecule has 1 rings (SSSR count). The van der Waals surface area contributed by atoms with E-state index < -0.39 is 11.4 Å². The van der Waals surface area contributed by atoms with Crippen molar-refractivity contribution in [3.8, 4) is 0 Å². The number of nitrogens with zero attached hydrogens (tertiary/aromatic N) is 1. The first-order chi connectivity index (χ1) is 8.92. The van der Waals surface area contributed by atoms with E-state index >= 15 is 0 Å². The van der Waals surface area contributed by atoms with Crippen molar-refractivity contribution in [1.29, 1.82) is 0 Å². The van der Waals surface area contributed by atoms with Gasteiger partial charge in [-0.25, -0.2) is 0 Å². The van der Waals surface area contributed by atoms with Crippen LogP contribution in [0, 0.1) is 5.41 Å². The molecule has 0 radical (unpaired) electrons. The summed E-state index contributed by atoms with van der Waals surface area (Å²) >= 11 is 0. The fraction of sp³-hybridized carbons (Fsp3) is 0.562. The molecular formula is C16H25NO2. The summed E-state index contributed by atoms with van der Waals surface area (Å²) in [6, 6.07) is 10.4. The van der Waals surface area contributed by atoms with Crippen LogP contribution in [-0.4, -0.2) is 29.6 Å². The largest absolute Gasteiger partial charge is 0.481 e. The van der Waals surface area contributed by atoms with Crippen LogP contribution in [0.4, 0.5) is 0 Å². The molecule has 1 N–H and O–H groups in total. The molecule has 0 saturated heterocycles. The Morgan fingerprint density at radius 3 is 2.42 bits per heavy atom. The molecule has 0 bridgehead atoms. The van der Waals surface area contributed by atoms with Crippen molar-refractivity contribution in [2.24, 2.45) is 5.41 Å². The molecule has 3 nitrogen and oxygen atoms in total. The van der Waals surface area contributed by atoms with Crippen molar-refractivity contribution in [3.63, 3.8) is 0 Å². The quantitative estimate of drug-likeness (QED) is 0.731. The molecule has 0 amide bonds. The Kier molecular flexibility index (Phi) is 6.03. The highest BCUT2D eigenvalue weighted by molar-refractivity contribution is 5.73. The SMILES string of the molecule is CN(CCCCC(C)(C)C(=O)O)Cc1ccccc1. The predicted octanol–water partition coefficient (Wildman–Crippen LogP) is 3.40. The Bertz CT molecular complexity index is 387. The molecule has 106 valence electrons. The van der Waals surface area contributed by atoms with Gasteiger partial charge in [0.1, 0.15) is 0 Å². The molecule has 1 aromatic rings. The Morgan fingerprint density at radius 1 is 1.21 bits per heavy atom. The number of hydrogen-bond acceptors (Lipinski definition) is 2. The van der Waals surface area contributed by atoms with Gasteiger partial charge in [0, 0.05) is 6.54 Å². The highest BCUT2D eigenvalue weighted by Gasteiger charge is 2.25. The van der Waals surface area contributed by atoms with Gasteiger partial charge < -0.3 is 10.0 Å². The van der Waals surface area contributed by atoms with Gasteiger partial charge in [0.25, 0.3) is 0 Å². The summed E-state index contributed by atoms with van der Waals surface area (Å²) in [4.78, 5) is 13.3.